The Hall–Kier alpha value is -4.17. The van der Waals surface area contributed by atoms with Gasteiger partial charge in [0.1, 0.15) is 19.0 Å². The second kappa shape index (κ2) is 10.2. The van der Waals surface area contributed by atoms with Crippen LogP contribution >= 0.6 is 11.6 Å². The number of carbonyl (C=O) groups excluding carboxylic acids is 1. The van der Waals surface area contributed by atoms with Crippen LogP contribution in [-0.2, 0) is 13.1 Å². The van der Waals surface area contributed by atoms with E-state index in [-0.39, 0.29) is 24.7 Å². The number of benzene rings is 3. The Kier molecular flexibility index (Phi) is 6.69. The second-order valence-electron chi connectivity index (χ2n) is 8.35. The number of carbonyl (C=O) groups is 1. The zero-order valence-corrected chi connectivity index (χ0v) is 20.3. The smallest absolute Gasteiger partial charge is 0.322 e. The topological polar surface area (TPSA) is 92.9 Å². The van der Waals surface area contributed by atoms with Gasteiger partial charge < -0.3 is 29.4 Å². The van der Waals surface area contributed by atoms with Gasteiger partial charge in [-0.3, -0.25) is 4.79 Å². The fraction of sp³-hybridized carbons (Fsp3) is 0.185. The first-order valence-corrected chi connectivity index (χ1v) is 11.8. The quantitative estimate of drug-likeness (QED) is 0.376. The molecule has 0 aliphatic carbocycles. The molecule has 4 aromatic rings. The Morgan fingerprint density at radius 2 is 1.69 bits per heavy atom. The van der Waals surface area contributed by atoms with Gasteiger partial charge in [-0.1, -0.05) is 23.7 Å². The van der Waals surface area contributed by atoms with Crippen molar-refractivity contribution in [2.45, 2.75) is 13.1 Å². The van der Waals surface area contributed by atoms with Crippen molar-refractivity contribution in [1.29, 1.82) is 0 Å². The molecule has 184 valence electrons. The van der Waals surface area contributed by atoms with Crippen LogP contribution in [0.25, 0.3) is 10.9 Å². The Morgan fingerprint density at radius 1 is 1.00 bits per heavy atom. The van der Waals surface area contributed by atoms with Gasteiger partial charge in [0, 0.05) is 34.3 Å². The Bertz CT molecular complexity index is 1450. The molecule has 0 spiro atoms. The van der Waals surface area contributed by atoms with Gasteiger partial charge in [0.25, 0.3) is 5.56 Å². The molecule has 8 nitrogen and oxygen atoms in total. The van der Waals surface area contributed by atoms with E-state index in [1.807, 2.05) is 30.3 Å². The van der Waals surface area contributed by atoms with Crippen molar-refractivity contribution < 1.29 is 19.0 Å². The summed E-state index contributed by atoms with van der Waals surface area (Å²) in [6, 6.07) is 19.3. The van der Waals surface area contributed by atoms with Gasteiger partial charge in [0.2, 0.25) is 0 Å². The minimum Gasteiger partial charge on any atom is -0.497 e. The minimum absolute atomic E-state index is 0.0885. The van der Waals surface area contributed by atoms with Gasteiger partial charge >= 0.3 is 6.03 Å². The van der Waals surface area contributed by atoms with Crippen molar-refractivity contribution in [3.05, 3.63) is 93.2 Å². The lowest BCUT2D eigenvalue weighted by atomic mass is 10.1. The number of rotatable bonds is 6. The van der Waals surface area contributed by atoms with E-state index in [0.29, 0.717) is 46.5 Å². The van der Waals surface area contributed by atoms with Crippen molar-refractivity contribution in [2.24, 2.45) is 0 Å². The summed E-state index contributed by atoms with van der Waals surface area (Å²) < 4.78 is 16.5. The largest absolute Gasteiger partial charge is 0.497 e. The SMILES string of the molecule is COc1ccc(CN(Cc2cc3cc4c(cc3[nH]c2=O)OCCO4)C(=O)Nc2ccc(Cl)cc2)cc1. The van der Waals surface area contributed by atoms with Crippen LogP contribution in [0.1, 0.15) is 11.1 Å². The van der Waals surface area contributed by atoms with E-state index in [1.165, 1.54) is 0 Å². The summed E-state index contributed by atoms with van der Waals surface area (Å²) in [6.45, 7) is 1.30. The third-order valence-electron chi connectivity index (χ3n) is 5.86. The molecule has 36 heavy (non-hydrogen) atoms. The molecule has 0 saturated carbocycles. The maximum absolute atomic E-state index is 13.3. The van der Waals surface area contributed by atoms with E-state index in [9.17, 15) is 9.59 Å². The zero-order valence-electron chi connectivity index (χ0n) is 19.5. The van der Waals surface area contributed by atoms with Crippen LogP contribution in [0.2, 0.25) is 5.02 Å². The number of nitrogens with zero attached hydrogens (tertiary/aromatic N) is 1. The Morgan fingerprint density at radius 3 is 2.39 bits per heavy atom. The number of halogens is 1. The number of fused-ring (bicyclic) bond motifs is 2. The highest BCUT2D eigenvalue weighted by atomic mass is 35.5. The number of hydrogen-bond acceptors (Lipinski definition) is 5. The van der Waals surface area contributed by atoms with E-state index in [0.717, 1.165) is 16.7 Å². The molecule has 1 aliphatic heterocycles. The Balaban J connectivity index is 1.45. The zero-order chi connectivity index (χ0) is 25.1. The number of aromatic nitrogens is 1. The van der Waals surface area contributed by atoms with Crippen LogP contribution < -0.4 is 25.1 Å². The number of methoxy groups -OCH3 is 1. The number of ether oxygens (including phenoxy) is 3. The van der Waals surface area contributed by atoms with Gasteiger partial charge in [-0.15, -0.1) is 0 Å². The highest BCUT2D eigenvalue weighted by molar-refractivity contribution is 6.30. The molecule has 0 atom stereocenters. The number of nitrogens with one attached hydrogen (secondary N) is 2. The predicted molar refractivity (Wildman–Crippen MR) is 138 cm³/mol. The molecular weight excluding hydrogens is 482 g/mol. The van der Waals surface area contributed by atoms with Crippen molar-refractivity contribution in [3.8, 4) is 17.2 Å². The van der Waals surface area contributed by atoms with Gasteiger partial charge in [0.05, 0.1) is 19.2 Å². The number of anilines is 1. The summed E-state index contributed by atoms with van der Waals surface area (Å²) in [4.78, 5) is 30.8. The molecule has 0 radical (unpaired) electrons. The summed E-state index contributed by atoms with van der Waals surface area (Å²) in [5.41, 5.74) is 2.29. The van der Waals surface area contributed by atoms with Gasteiger partial charge in [-0.25, -0.2) is 4.79 Å². The highest BCUT2D eigenvalue weighted by Crippen LogP contribution is 2.33. The molecule has 2 N–H and O–H groups in total. The highest BCUT2D eigenvalue weighted by Gasteiger charge is 2.19. The molecule has 1 aliphatic rings. The van der Waals surface area contributed by atoms with Crippen molar-refractivity contribution in [1.82, 2.24) is 9.88 Å². The molecule has 0 fully saturated rings. The maximum Gasteiger partial charge on any atom is 0.322 e. The van der Waals surface area contributed by atoms with Crippen LogP contribution in [0, 0.1) is 0 Å². The van der Waals surface area contributed by atoms with E-state index < -0.39 is 0 Å². The molecule has 2 amide bonds. The summed E-state index contributed by atoms with van der Waals surface area (Å²) in [6.07, 6.45) is 0. The van der Waals surface area contributed by atoms with E-state index in [2.05, 4.69) is 10.3 Å². The summed E-state index contributed by atoms with van der Waals surface area (Å²) in [7, 11) is 1.60. The van der Waals surface area contributed by atoms with Crippen molar-refractivity contribution in [2.75, 3.05) is 25.6 Å². The standard InChI is InChI=1S/C27H24ClN3O5/c1-34-22-8-2-17(3-9-22)15-31(27(33)29-21-6-4-20(28)5-7-21)16-19-12-18-13-24-25(36-11-10-35-24)14-23(18)30-26(19)32/h2-9,12-14H,10-11,15-16H2,1H3,(H,29,33)(H,30,32). The molecule has 3 aromatic carbocycles. The molecule has 9 heteroatoms. The number of pyridine rings is 1. The van der Waals surface area contributed by atoms with Crippen LogP contribution in [0.5, 0.6) is 17.2 Å². The van der Waals surface area contributed by atoms with Gasteiger partial charge in [0.15, 0.2) is 11.5 Å². The molecule has 0 bridgehead atoms. The van der Waals surface area contributed by atoms with Gasteiger partial charge in [-0.2, -0.15) is 0 Å². The fourth-order valence-electron chi connectivity index (χ4n) is 4.00. The molecule has 2 heterocycles. The van der Waals surface area contributed by atoms with E-state index in [1.54, 1.807) is 48.4 Å². The molecular formula is C27H24ClN3O5. The molecule has 5 rings (SSSR count). The average Bonchev–Trinajstić information content (AvgIpc) is 2.89. The molecule has 0 unspecified atom stereocenters. The number of aromatic amines is 1. The Labute approximate surface area is 212 Å². The second-order valence-corrected chi connectivity index (χ2v) is 8.78. The summed E-state index contributed by atoms with van der Waals surface area (Å²) >= 11 is 5.97. The predicted octanol–water partition coefficient (Wildman–Crippen LogP) is 5.20. The normalized spacial score (nSPS) is 12.3. The maximum atomic E-state index is 13.3. The summed E-state index contributed by atoms with van der Waals surface area (Å²) in [5.74, 6) is 1.94. The summed E-state index contributed by atoms with van der Waals surface area (Å²) in [5, 5.41) is 4.24. The number of H-pyrrole nitrogens is 1. The van der Waals surface area contributed by atoms with Crippen LogP contribution in [-0.4, -0.2) is 36.2 Å². The first-order chi connectivity index (χ1) is 17.5. The van der Waals surface area contributed by atoms with E-state index in [4.69, 9.17) is 25.8 Å². The van der Waals surface area contributed by atoms with Crippen LogP contribution in [0.4, 0.5) is 10.5 Å². The molecule has 1 aromatic heterocycles. The number of urea groups is 1. The average molecular weight is 506 g/mol. The van der Waals surface area contributed by atoms with Crippen molar-refractivity contribution >= 4 is 34.2 Å². The van der Waals surface area contributed by atoms with Crippen LogP contribution in [0.15, 0.2) is 71.5 Å². The molecule has 0 saturated heterocycles. The van der Waals surface area contributed by atoms with Crippen LogP contribution in [0.3, 0.4) is 0 Å². The fourth-order valence-corrected chi connectivity index (χ4v) is 4.12. The number of hydrogen-bond donors (Lipinski definition) is 2. The number of amides is 2. The minimum atomic E-state index is -0.352. The lowest BCUT2D eigenvalue weighted by Gasteiger charge is -2.24. The van der Waals surface area contributed by atoms with E-state index >= 15 is 0 Å². The third-order valence-corrected chi connectivity index (χ3v) is 6.11. The van der Waals surface area contributed by atoms with Gasteiger partial charge in [-0.05, 0) is 54.1 Å². The lowest BCUT2D eigenvalue weighted by Crippen LogP contribution is -2.35. The third kappa shape index (κ3) is 5.23. The lowest BCUT2D eigenvalue weighted by molar-refractivity contribution is 0.172. The first-order valence-electron chi connectivity index (χ1n) is 11.4. The monoisotopic (exact) mass is 505 g/mol. The first kappa shape index (κ1) is 23.6. The van der Waals surface area contributed by atoms with Crippen molar-refractivity contribution in [3.63, 3.8) is 0 Å².